The van der Waals surface area contributed by atoms with Gasteiger partial charge in [-0.15, -0.1) is 0 Å². The van der Waals surface area contributed by atoms with Crippen LogP contribution < -0.4 is 5.32 Å². The van der Waals surface area contributed by atoms with Crippen molar-refractivity contribution in [2.45, 2.75) is 13.8 Å². The highest BCUT2D eigenvalue weighted by Crippen LogP contribution is 2.23. The second-order valence-electron chi connectivity index (χ2n) is 5.52. The van der Waals surface area contributed by atoms with Gasteiger partial charge in [0.05, 0.1) is 27.2 Å². The van der Waals surface area contributed by atoms with Crippen molar-refractivity contribution < 1.29 is 9.18 Å². The summed E-state index contributed by atoms with van der Waals surface area (Å²) in [6.45, 7) is 3.87. The van der Waals surface area contributed by atoms with Gasteiger partial charge in [-0.25, -0.2) is 9.07 Å². The second kappa shape index (κ2) is 6.98. The highest BCUT2D eigenvalue weighted by atomic mass is 79.9. The predicted octanol–water partition coefficient (Wildman–Crippen LogP) is 5.30. The Kier molecular flexibility index (Phi) is 4.92. The van der Waals surface area contributed by atoms with Crippen molar-refractivity contribution in [1.29, 1.82) is 0 Å². The van der Waals surface area contributed by atoms with E-state index in [1.807, 2.05) is 13.8 Å². The first kappa shape index (κ1) is 17.6. The van der Waals surface area contributed by atoms with Crippen molar-refractivity contribution in [3.05, 3.63) is 74.7 Å². The minimum atomic E-state index is -0.579. The highest BCUT2D eigenvalue weighted by Gasteiger charge is 2.12. The normalized spacial score (nSPS) is 10.8. The minimum absolute atomic E-state index is 0.0842. The fourth-order valence-corrected chi connectivity index (χ4v) is 2.82. The van der Waals surface area contributed by atoms with Gasteiger partial charge in [-0.1, -0.05) is 11.6 Å². The number of rotatable bonds is 3. The fourth-order valence-electron chi connectivity index (χ4n) is 2.41. The Labute approximate surface area is 157 Å². The summed E-state index contributed by atoms with van der Waals surface area (Å²) in [5, 5.41) is 7.26. The molecule has 128 valence electrons. The first-order valence-corrected chi connectivity index (χ1v) is 8.62. The molecule has 25 heavy (non-hydrogen) atoms. The number of aromatic nitrogens is 2. The molecule has 0 unspecified atom stereocenters. The van der Waals surface area contributed by atoms with Crippen molar-refractivity contribution >= 4 is 39.1 Å². The van der Waals surface area contributed by atoms with Crippen LogP contribution in [0.3, 0.4) is 0 Å². The molecule has 0 spiro atoms. The molecule has 0 aliphatic carbocycles. The first-order valence-electron chi connectivity index (χ1n) is 7.45. The summed E-state index contributed by atoms with van der Waals surface area (Å²) in [4.78, 5) is 12.3. The van der Waals surface area contributed by atoms with E-state index in [0.29, 0.717) is 5.56 Å². The molecule has 1 amide bonds. The third-order valence-corrected chi connectivity index (χ3v) is 5.14. The summed E-state index contributed by atoms with van der Waals surface area (Å²) in [6, 6.07) is 11.0. The predicted molar refractivity (Wildman–Crippen MR) is 100 cm³/mol. The van der Waals surface area contributed by atoms with Crippen LogP contribution in [-0.4, -0.2) is 15.7 Å². The number of nitrogens with one attached hydrogen (secondary N) is 1. The number of hydrogen-bond acceptors (Lipinski definition) is 2. The van der Waals surface area contributed by atoms with Crippen molar-refractivity contribution in [3.8, 4) is 5.69 Å². The standard InChI is InChI=1S/C18H14BrClFN3O/c1-10-17(19)11(2)24(23-10)14-6-3-12(4-7-14)18(25)22-16-8-5-13(20)9-15(16)21/h3-9H,1-2H3,(H,22,25). The van der Waals surface area contributed by atoms with Gasteiger partial charge in [0, 0.05) is 10.6 Å². The maximum absolute atomic E-state index is 13.8. The summed E-state index contributed by atoms with van der Waals surface area (Å²) >= 11 is 9.20. The van der Waals surface area contributed by atoms with Crippen molar-refractivity contribution in [2.75, 3.05) is 5.32 Å². The maximum atomic E-state index is 13.8. The van der Waals surface area contributed by atoms with Crippen LogP contribution in [-0.2, 0) is 0 Å². The van der Waals surface area contributed by atoms with Crippen LogP contribution in [0.5, 0.6) is 0 Å². The largest absolute Gasteiger partial charge is 0.319 e. The van der Waals surface area contributed by atoms with Gasteiger partial charge < -0.3 is 5.32 Å². The lowest BCUT2D eigenvalue weighted by molar-refractivity contribution is 0.102. The van der Waals surface area contributed by atoms with Gasteiger partial charge in [0.2, 0.25) is 0 Å². The first-order chi connectivity index (χ1) is 11.9. The average molecular weight is 423 g/mol. The Bertz CT molecular complexity index is 954. The van der Waals surface area contributed by atoms with Crippen molar-refractivity contribution in [3.63, 3.8) is 0 Å². The zero-order valence-electron chi connectivity index (χ0n) is 13.5. The molecule has 0 radical (unpaired) electrons. The lowest BCUT2D eigenvalue weighted by atomic mass is 10.2. The number of benzene rings is 2. The third kappa shape index (κ3) is 3.60. The summed E-state index contributed by atoms with van der Waals surface area (Å²) in [5.74, 6) is -0.979. The topological polar surface area (TPSA) is 46.9 Å². The number of halogens is 3. The van der Waals surface area contributed by atoms with E-state index in [-0.39, 0.29) is 10.7 Å². The van der Waals surface area contributed by atoms with E-state index in [2.05, 4.69) is 26.3 Å². The minimum Gasteiger partial charge on any atom is -0.319 e. The maximum Gasteiger partial charge on any atom is 0.255 e. The molecule has 1 heterocycles. The van der Waals surface area contributed by atoms with E-state index < -0.39 is 11.7 Å². The summed E-state index contributed by atoms with van der Waals surface area (Å²) < 4.78 is 16.5. The van der Waals surface area contributed by atoms with Gasteiger partial charge in [0.15, 0.2) is 0 Å². The van der Waals surface area contributed by atoms with E-state index in [4.69, 9.17) is 11.6 Å². The SMILES string of the molecule is Cc1nn(-c2ccc(C(=O)Nc3ccc(Cl)cc3F)cc2)c(C)c1Br. The lowest BCUT2D eigenvalue weighted by Gasteiger charge is -2.08. The number of nitrogens with zero attached hydrogens (tertiary/aromatic N) is 2. The zero-order valence-corrected chi connectivity index (χ0v) is 15.8. The molecule has 1 aromatic heterocycles. The molecular weight excluding hydrogens is 409 g/mol. The molecule has 1 N–H and O–H groups in total. The number of carbonyl (C=O) groups excluding carboxylic acids is 1. The van der Waals surface area contributed by atoms with Crippen LogP contribution in [0.1, 0.15) is 21.7 Å². The molecule has 4 nitrogen and oxygen atoms in total. The molecule has 0 atom stereocenters. The van der Waals surface area contributed by atoms with Crippen LogP contribution in [0.2, 0.25) is 5.02 Å². The van der Waals surface area contributed by atoms with E-state index in [9.17, 15) is 9.18 Å². The average Bonchev–Trinajstić information content (AvgIpc) is 2.85. The third-order valence-electron chi connectivity index (χ3n) is 3.76. The Morgan fingerprint density at radius 3 is 2.44 bits per heavy atom. The lowest BCUT2D eigenvalue weighted by Crippen LogP contribution is -2.13. The van der Waals surface area contributed by atoms with Crippen molar-refractivity contribution in [1.82, 2.24) is 9.78 Å². The summed E-state index contributed by atoms with van der Waals surface area (Å²) in [5.41, 5.74) is 3.19. The molecule has 7 heteroatoms. The smallest absolute Gasteiger partial charge is 0.255 e. The number of amides is 1. The molecule has 0 bridgehead atoms. The van der Waals surface area contributed by atoms with Crippen LogP contribution in [0, 0.1) is 19.7 Å². The molecule has 2 aromatic carbocycles. The van der Waals surface area contributed by atoms with E-state index in [1.165, 1.54) is 12.1 Å². The molecule has 3 rings (SSSR count). The quantitative estimate of drug-likeness (QED) is 0.623. The van der Waals surface area contributed by atoms with Crippen LogP contribution in [0.25, 0.3) is 5.69 Å². The molecule has 0 aliphatic heterocycles. The Hall–Kier alpha value is -2.18. The molecule has 0 saturated heterocycles. The molecular formula is C18H14BrClFN3O. The molecule has 0 aliphatic rings. The number of anilines is 1. The summed E-state index contributed by atoms with van der Waals surface area (Å²) in [6.07, 6.45) is 0. The summed E-state index contributed by atoms with van der Waals surface area (Å²) in [7, 11) is 0. The van der Waals surface area contributed by atoms with Gasteiger partial charge in [-0.2, -0.15) is 5.10 Å². The number of aryl methyl sites for hydroxylation is 1. The second-order valence-corrected chi connectivity index (χ2v) is 6.75. The Morgan fingerprint density at radius 1 is 1.20 bits per heavy atom. The van der Waals surface area contributed by atoms with Gasteiger partial charge in [-0.3, -0.25) is 4.79 Å². The molecule has 3 aromatic rings. The van der Waals surface area contributed by atoms with Gasteiger partial charge in [0.25, 0.3) is 5.91 Å². The van der Waals surface area contributed by atoms with Crippen molar-refractivity contribution in [2.24, 2.45) is 0 Å². The fraction of sp³-hybridized carbons (Fsp3) is 0.111. The zero-order chi connectivity index (χ0) is 18.1. The molecule has 0 saturated carbocycles. The monoisotopic (exact) mass is 421 g/mol. The molecule has 0 fully saturated rings. The van der Waals surface area contributed by atoms with Crippen LogP contribution >= 0.6 is 27.5 Å². The van der Waals surface area contributed by atoms with Gasteiger partial charge in [-0.05, 0) is 72.2 Å². The van der Waals surface area contributed by atoms with E-state index in [0.717, 1.165) is 27.6 Å². The number of hydrogen-bond donors (Lipinski definition) is 1. The van der Waals surface area contributed by atoms with E-state index >= 15 is 0 Å². The van der Waals surface area contributed by atoms with Crippen LogP contribution in [0.15, 0.2) is 46.9 Å². The van der Waals surface area contributed by atoms with Gasteiger partial charge in [0.1, 0.15) is 5.82 Å². The number of carbonyl (C=O) groups is 1. The van der Waals surface area contributed by atoms with E-state index in [1.54, 1.807) is 28.9 Å². The Balaban J connectivity index is 1.82. The highest BCUT2D eigenvalue weighted by molar-refractivity contribution is 9.10. The van der Waals surface area contributed by atoms with Gasteiger partial charge >= 0.3 is 0 Å². The Morgan fingerprint density at radius 2 is 1.88 bits per heavy atom. The van der Waals surface area contributed by atoms with Crippen LogP contribution in [0.4, 0.5) is 10.1 Å².